The Morgan fingerprint density at radius 2 is 1.00 bits per heavy atom. The van der Waals surface area contributed by atoms with Crippen molar-refractivity contribution in [2.45, 2.75) is 57.8 Å². The summed E-state index contributed by atoms with van der Waals surface area (Å²) in [5.41, 5.74) is 0. The average Bonchev–Trinajstić information content (AvgIpc) is 2.56. The molecule has 3 saturated carbocycles. The zero-order valence-corrected chi connectivity index (χ0v) is 8.67. The summed E-state index contributed by atoms with van der Waals surface area (Å²) < 4.78 is 0. The van der Waals surface area contributed by atoms with E-state index in [4.69, 9.17) is 0 Å². The molecule has 3 rings (SSSR count). The lowest BCUT2D eigenvalue weighted by Gasteiger charge is -2.32. The second-order valence-electron chi connectivity index (χ2n) is 5.65. The molecular formula is C13H22. The number of hydrogen-bond donors (Lipinski definition) is 0. The molecule has 0 aliphatic heterocycles. The van der Waals surface area contributed by atoms with Gasteiger partial charge < -0.3 is 0 Å². The summed E-state index contributed by atoms with van der Waals surface area (Å²) in [5, 5.41) is 0. The van der Waals surface area contributed by atoms with Crippen molar-refractivity contribution in [3.05, 3.63) is 0 Å². The Bertz CT molecular complexity index is 164. The van der Waals surface area contributed by atoms with E-state index in [2.05, 4.69) is 0 Å². The molecule has 0 unspecified atom stereocenters. The van der Waals surface area contributed by atoms with Gasteiger partial charge in [-0.1, -0.05) is 38.5 Å². The lowest BCUT2D eigenvalue weighted by Crippen LogP contribution is -2.22. The molecule has 0 heterocycles. The highest BCUT2D eigenvalue weighted by molar-refractivity contribution is 4.94. The van der Waals surface area contributed by atoms with Crippen molar-refractivity contribution in [2.75, 3.05) is 0 Å². The third kappa shape index (κ3) is 1.33. The summed E-state index contributed by atoms with van der Waals surface area (Å²) in [5.74, 6) is 4.70. The molecule has 0 nitrogen and oxygen atoms in total. The standard InChI is InChI=1S/C13H22/c1-3-7-12-10(5-1)9-11-6-2-4-8-13(11)12/h10-13H,1-9H2/t10-,11-,12+,13+/m1/s1. The molecule has 0 amide bonds. The van der Waals surface area contributed by atoms with Crippen LogP contribution in [0.25, 0.3) is 0 Å². The highest BCUT2D eigenvalue weighted by atomic mass is 14.5. The topological polar surface area (TPSA) is 0 Å². The van der Waals surface area contributed by atoms with Crippen LogP contribution in [0, 0.1) is 23.7 Å². The van der Waals surface area contributed by atoms with Crippen LogP contribution in [-0.2, 0) is 0 Å². The number of fused-ring (bicyclic) bond motifs is 3. The Morgan fingerprint density at radius 1 is 0.538 bits per heavy atom. The van der Waals surface area contributed by atoms with E-state index in [0.29, 0.717) is 0 Å². The van der Waals surface area contributed by atoms with Gasteiger partial charge in [-0.25, -0.2) is 0 Å². The van der Waals surface area contributed by atoms with Gasteiger partial charge in [-0.2, -0.15) is 0 Å². The van der Waals surface area contributed by atoms with Crippen molar-refractivity contribution in [1.29, 1.82) is 0 Å². The van der Waals surface area contributed by atoms with Gasteiger partial charge in [0, 0.05) is 0 Å². The van der Waals surface area contributed by atoms with Crippen LogP contribution < -0.4 is 0 Å². The number of rotatable bonds is 0. The first-order valence-corrected chi connectivity index (χ1v) is 6.45. The highest BCUT2D eigenvalue weighted by Gasteiger charge is 2.43. The molecule has 0 aromatic heterocycles. The second-order valence-corrected chi connectivity index (χ2v) is 5.65. The maximum atomic E-state index is 1.62. The van der Waals surface area contributed by atoms with Gasteiger partial charge in [-0.05, 0) is 42.9 Å². The van der Waals surface area contributed by atoms with Crippen molar-refractivity contribution in [3.8, 4) is 0 Å². The van der Waals surface area contributed by atoms with E-state index in [1.54, 1.807) is 57.8 Å². The van der Waals surface area contributed by atoms with Crippen molar-refractivity contribution < 1.29 is 0 Å². The van der Waals surface area contributed by atoms with Crippen LogP contribution in [0.15, 0.2) is 0 Å². The average molecular weight is 178 g/mol. The quantitative estimate of drug-likeness (QED) is 0.526. The Morgan fingerprint density at radius 3 is 1.54 bits per heavy atom. The second kappa shape index (κ2) is 3.29. The Labute approximate surface area is 82.1 Å². The fourth-order valence-electron chi connectivity index (χ4n) is 4.57. The molecule has 13 heavy (non-hydrogen) atoms. The van der Waals surface area contributed by atoms with Crippen LogP contribution in [0.3, 0.4) is 0 Å². The minimum Gasteiger partial charge on any atom is -0.0530 e. The van der Waals surface area contributed by atoms with E-state index in [-0.39, 0.29) is 0 Å². The van der Waals surface area contributed by atoms with Gasteiger partial charge in [-0.3, -0.25) is 0 Å². The van der Waals surface area contributed by atoms with E-state index in [9.17, 15) is 0 Å². The maximum Gasteiger partial charge on any atom is -0.0355 e. The van der Waals surface area contributed by atoms with Gasteiger partial charge in [0.1, 0.15) is 0 Å². The Balaban J connectivity index is 1.76. The lowest BCUT2D eigenvalue weighted by atomic mass is 9.73. The smallest absolute Gasteiger partial charge is 0.0355 e. The molecule has 0 bridgehead atoms. The largest absolute Gasteiger partial charge is 0.0530 e. The van der Waals surface area contributed by atoms with Gasteiger partial charge in [0.05, 0.1) is 0 Å². The Hall–Kier alpha value is 0. The Kier molecular flexibility index (Phi) is 2.11. The first-order chi connectivity index (χ1) is 6.45. The van der Waals surface area contributed by atoms with Gasteiger partial charge in [-0.15, -0.1) is 0 Å². The van der Waals surface area contributed by atoms with Crippen molar-refractivity contribution >= 4 is 0 Å². The van der Waals surface area contributed by atoms with Crippen molar-refractivity contribution in [3.63, 3.8) is 0 Å². The van der Waals surface area contributed by atoms with Crippen LogP contribution in [0.1, 0.15) is 57.8 Å². The minimum absolute atomic E-state index is 1.17. The lowest BCUT2D eigenvalue weighted by molar-refractivity contribution is 0.184. The van der Waals surface area contributed by atoms with Crippen LogP contribution in [-0.4, -0.2) is 0 Å². The fraction of sp³-hybridized carbons (Fsp3) is 1.00. The summed E-state index contributed by atoms with van der Waals surface area (Å²) >= 11 is 0. The van der Waals surface area contributed by atoms with E-state index >= 15 is 0 Å². The van der Waals surface area contributed by atoms with Crippen LogP contribution in [0.4, 0.5) is 0 Å². The summed E-state index contributed by atoms with van der Waals surface area (Å²) in [4.78, 5) is 0. The molecule has 3 aliphatic carbocycles. The first-order valence-electron chi connectivity index (χ1n) is 6.45. The molecule has 0 heteroatoms. The molecule has 0 spiro atoms. The molecular weight excluding hydrogens is 156 g/mol. The molecule has 0 radical (unpaired) electrons. The third-order valence-electron chi connectivity index (χ3n) is 5.09. The van der Waals surface area contributed by atoms with E-state index < -0.39 is 0 Å². The summed E-state index contributed by atoms with van der Waals surface area (Å²) in [6.07, 6.45) is 14.1. The zero-order chi connectivity index (χ0) is 8.67. The summed E-state index contributed by atoms with van der Waals surface area (Å²) in [7, 11) is 0. The molecule has 3 aliphatic rings. The first kappa shape index (κ1) is 8.32. The van der Waals surface area contributed by atoms with Gasteiger partial charge in [0.2, 0.25) is 0 Å². The minimum atomic E-state index is 1.17. The van der Waals surface area contributed by atoms with Crippen LogP contribution in [0.2, 0.25) is 0 Å². The predicted molar refractivity (Wildman–Crippen MR) is 55.5 cm³/mol. The number of hydrogen-bond acceptors (Lipinski definition) is 0. The van der Waals surface area contributed by atoms with E-state index in [1.807, 2.05) is 0 Å². The van der Waals surface area contributed by atoms with Crippen molar-refractivity contribution in [1.82, 2.24) is 0 Å². The van der Waals surface area contributed by atoms with Crippen LogP contribution in [0.5, 0.6) is 0 Å². The monoisotopic (exact) mass is 178 g/mol. The normalized spacial score (nSPS) is 49.8. The van der Waals surface area contributed by atoms with E-state index in [0.717, 1.165) is 0 Å². The zero-order valence-electron chi connectivity index (χ0n) is 8.67. The summed E-state index contributed by atoms with van der Waals surface area (Å²) in [6.45, 7) is 0. The van der Waals surface area contributed by atoms with Crippen molar-refractivity contribution in [2.24, 2.45) is 23.7 Å². The van der Waals surface area contributed by atoms with Gasteiger partial charge in [0.25, 0.3) is 0 Å². The van der Waals surface area contributed by atoms with Gasteiger partial charge in [0.15, 0.2) is 0 Å². The van der Waals surface area contributed by atoms with Gasteiger partial charge >= 0.3 is 0 Å². The van der Waals surface area contributed by atoms with Crippen LogP contribution >= 0.6 is 0 Å². The molecule has 4 atom stereocenters. The molecule has 3 fully saturated rings. The summed E-state index contributed by atoms with van der Waals surface area (Å²) in [6, 6.07) is 0. The molecule has 0 aromatic carbocycles. The third-order valence-corrected chi connectivity index (χ3v) is 5.09. The maximum absolute atomic E-state index is 1.62. The SMILES string of the molecule is C1CC[C@H]2[C@H](C1)C[C@H]1CCCC[C@@H]12. The highest BCUT2D eigenvalue weighted by Crippen LogP contribution is 2.53. The molecule has 0 N–H and O–H groups in total. The molecule has 74 valence electrons. The molecule has 0 aromatic rings. The van der Waals surface area contributed by atoms with E-state index in [1.165, 1.54) is 23.7 Å². The molecule has 0 saturated heterocycles. The predicted octanol–water partition coefficient (Wildman–Crippen LogP) is 4.00. The fourth-order valence-corrected chi connectivity index (χ4v) is 4.57.